The summed E-state index contributed by atoms with van der Waals surface area (Å²) >= 11 is 0. The van der Waals surface area contributed by atoms with E-state index in [1.54, 1.807) is 0 Å². The predicted molar refractivity (Wildman–Crippen MR) is 76.2 cm³/mol. The van der Waals surface area contributed by atoms with E-state index in [1.165, 1.54) is 24.2 Å². The highest BCUT2D eigenvalue weighted by Crippen LogP contribution is 2.28. The second-order valence-electron chi connectivity index (χ2n) is 5.61. The van der Waals surface area contributed by atoms with E-state index in [0.29, 0.717) is 12.0 Å². The van der Waals surface area contributed by atoms with Gasteiger partial charge < -0.3 is 10.2 Å². The van der Waals surface area contributed by atoms with Crippen molar-refractivity contribution in [2.45, 2.75) is 45.6 Å². The van der Waals surface area contributed by atoms with Crippen LogP contribution in [0.1, 0.15) is 45.2 Å². The Bertz CT molecular complexity index is 383. The van der Waals surface area contributed by atoms with Gasteiger partial charge in [0.2, 0.25) is 0 Å². The molecule has 1 saturated heterocycles. The monoisotopic (exact) mass is 250 g/mol. The number of aromatic nitrogens is 2. The molecule has 1 aromatic heterocycles. The summed E-state index contributed by atoms with van der Waals surface area (Å²) < 4.78 is 1.94. The Morgan fingerprint density at radius 1 is 1.50 bits per heavy atom. The van der Waals surface area contributed by atoms with Gasteiger partial charge in [0.25, 0.3) is 0 Å². The predicted octanol–water partition coefficient (Wildman–Crippen LogP) is 2.12. The first-order chi connectivity index (χ1) is 8.61. The fourth-order valence-corrected chi connectivity index (χ4v) is 2.64. The van der Waals surface area contributed by atoms with Gasteiger partial charge in [-0.1, -0.05) is 20.8 Å². The van der Waals surface area contributed by atoms with Crippen molar-refractivity contribution in [2.75, 3.05) is 24.5 Å². The molecule has 0 saturated carbocycles. The van der Waals surface area contributed by atoms with Crippen LogP contribution >= 0.6 is 0 Å². The third-order valence-corrected chi connectivity index (χ3v) is 3.60. The van der Waals surface area contributed by atoms with Crippen LogP contribution in [0.4, 0.5) is 5.69 Å². The van der Waals surface area contributed by atoms with Gasteiger partial charge in [-0.2, -0.15) is 5.10 Å². The highest BCUT2D eigenvalue weighted by molar-refractivity contribution is 5.51. The van der Waals surface area contributed by atoms with Gasteiger partial charge in [-0.05, 0) is 25.3 Å². The van der Waals surface area contributed by atoms with E-state index >= 15 is 0 Å². The summed E-state index contributed by atoms with van der Waals surface area (Å²) in [4.78, 5) is 2.48. The largest absolute Gasteiger partial charge is 0.367 e. The van der Waals surface area contributed by atoms with Gasteiger partial charge in [0.1, 0.15) is 0 Å². The standard InChI is InChI=1S/C14H26N4/c1-5-7-15-12-6-8-18(9-12)13-10-17(4)16-14(13)11(2)3/h10-12,15H,5-9H2,1-4H3. The molecular formula is C14H26N4. The molecule has 0 spiro atoms. The van der Waals surface area contributed by atoms with Crippen molar-refractivity contribution in [3.63, 3.8) is 0 Å². The van der Waals surface area contributed by atoms with Crippen LogP contribution < -0.4 is 10.2 Å². The van der Waals surface area contributed by atoms with Crippen LogP contribution in [0.2, 0.25) is 0 Å². The zero-order valence-electron chi connectivity index (χ0n) is 12.1. The van der Waals surface area contributed by atoms with Crippen LogP contribution in [-0.2, 0) is 7.05 Å². The summed E-state index contributed by atoms with van der Waals surface area (Å²) in [6.07, 6.45) is 4.62. The van der Waals surface area contributed by atoms with Crippen LogP contribution in [0.3, 0.4) is 0 Å². The topological polar surface area (TPSA) is 33.1 Å². The average Bonchev–Trinajstić information content (AvgIpc) is 2.92. The summed E-state index contributed by atoms with van der Waals surface area (Å²) in [6, 6.07) is 0.644. The molecule has 1 fully saturated rings. The molecule has 0 aromatic carbocycles. The summed E-state index contributed by atoms with van der Waals surface area (Å²) in [6.45, 7) is 10.0. The molecule has 2 heterocycles. The molecule has 1 unspecified atom stereocenters. The Labute approximate surface area is 110 Å². The van der Waals surface area contributed by atoms with Gasteiger partial charge >= 0.3 is 0 Å². The third kappa shape index (κ3) is 2.86. The minimum absolute atomic E-state index is 0.490. The first-order valence-corrected chi connectivity index (χ1v) is 7.13. The number of nitrogens with zero attached hydrogens (tertiary/aromatic N) is 3. The quantitative estimate of drug-likeness (QED) is 0.869. The molecule has 1 N–H and O–H groups in total. The van der Waals surface area contributed by atoms with Crippen LogP contribution in [-0.4, -0.2) is 35.5 Å². The molecule has 4 nitrogen and oxygen atoms in total. The highest BCUT2D eigenvalue weighted by atomic mass is 15.3. The van der Waals surface area contributed by atoms with Gasteiger partial charge in [0.15, 0.2) is 0 Å². The summed E-state index contributed by atoms with van der Waals surface area (Å²) in [5, 5.41) is 8.21. The zero-order chi connectivity index (χ0) is 13.1. The molecule has 1 aliphatic heterocycles. The van der Waals surface area contributed by atoms with Gasteiger partial charge in [-0.25, -0.2) is 0 Å². The Morgan fingerprint density at radius 3 is 2.94 bits per heavy atom. The molecule has 0 amide bonds. The molecular weight excluding hydrogens is 224 g/mol. The van der Waals surface area contributed by atoms with E-state index < -0.39 is 0 Å². The number of hydrogen-bond donors (Lipinski definition) is 1. The number of nitrogens with one attached hydrogen (secondary N) is 1. The molecule has 2 rings (SSSR count). The van der Waals surface area contributed by atoms with E-state index in [0.717, 1.165) is 19.6 Å². The molecule has 1 aliphatic rings. The Morgan fingerprint density at radius 2 is 2.28 bits per heavy atom. The minimum Gasteiger partial charge on any atom is -0.367 e. The van der Waals surface area contributed by atoms with Gasteiger partial charge in [-0.3, -0.25) is 4.68 Å². The van der Waals surface area contributed by atoms with Crippen molar-refractivity contribution < 1.29 is 0 Å². The fraction of sp³-hybridized carbons (Fsp3) is 0.786. The fourth-order valence-electron chi connectivity index (χ4n) is 2.64. The Balaban J connectivity index is 2.04. The van der Waals surface area contributed by atoms with Crippen molar-refractivity contribution >= 4 is 5.69 Å². The molecule has 18 heavy (non-hydrogen) atoms. The van der Waals surface area contributed by atoms with Crippen molar-refractivity contribution in [1.29, 1.82) is 0 Å². The maximum Gasteiger partial charge on any atom is 0.0883 e. The van der Waals surface area contributed by atoms with Crippen LogP contribution in [0.25, 0.3) is 0 Å². The minimum atomic E-state index is 0.490. The molecule has 0 aliphatic carbocycles. The number of anilines is 1. The van der Waals surface area contributed by atoms with E-state index in [-0.39, 0.29) is 0 Å². The second kappa shape index (κ2) is 5.74. The van der Waals surface area contributed by atoms with E-state index in [4.69, 9.17) is 0 Å². The Kier molecular flexibility index (Phi) is 4.27. The van der Waals surface area contributed by atoms with E-state index in [9.17, 15) is 0 Å². The van der Waals surface area contributed by atoms with Crippen molar-refractivity contribution in [1.82, 2.24) is 15.1 Å². The lowest BCUT2D eigenvalue weighted by atomic mass is 10.1. The summed E-state index contributed by atoms with van der Waals surface area (Å²) in [5.74, 6) is 0.490. The molecule has 102 valence electrons. The zero-order valence-corrected chi connectivity index (χ0v) is 12.1. The molecule has 0 radical (unpaired) electrons. The Hall–Kier alpha value is -1.03. The van der Waals surface area contributed by atoms with Crippen LogP contribution in [0.5, 0.6) is 0 Å². The molecule has 1 atom stereocenters. The van der Waals surface area contributed by atoms with Gasteiger partial charge in [-0.15, -0.1) is 0 Å². The molecule has 1 aromatic rings. The normalized spacial score (nSPS) is 20.1. The lowest BCUT2D eigenvalue weighted by Gasteiger charge is -2.19. The molecule has 4 heteroatoms. The number of hydrogen-bond acceptors (Lipinski definition) is 3. The van der Waals surface area contributed by atoms with Crippen molar-refractivity contribution in [3.8, 4) is 0 Å². The van der Waals surface area contributed by atoms with Crippen molar-refractivity contribution in [3.05, 3.63) is 11.9 Å². The first-order valence-electron chi connectivity index (χ1n) is 7.13. The van der Waals surface area contributed by atoms with Crippen molar-refractivity contribution in [2.24, 2.45) is 7.05 Å². The third-order valence-electron chi connectivity index (χ3n) is 3.60. The number of rotatable bonds is 5. The maximum atomic E-state index is 4.60. The van der Waals surface area contributed by atoms with Crippen LogP contribution in [0.15, 0.2) is 6.20 Å². The summed E-state index contributed by atoms with van der Waals surface area (Å²) in [5.41, 5.74) is 2.56. The number of aryl methyl sites for hydroxylation is 1. The summed E-state index contributed by atoms with van der Waals surface area (Å²) in [7, 11) is 2.01. The maximum absolute atomic E-state index is 4.60. The molecule has 0 bridgehead atoms. The van der Waals surface area contributed by atoms with E-state index in [1.807, 2.05) is 11.7 Å². The van der Waals surface area contributed by atoms with E-state index in [2.05, 4.69) is 42.3 Å². The van der Waals surface area contributed by atoms with Gasteiger partial charge in [0, 0.05) is 32.4 Å². The smallest absolute Gasteiger partial charge is 0.0883 e. The first kappa shape index (κ1) is 13.4. The highest BCUT2D eigenvalue weighted by Gasteiger charge is 2.25. The second-order valence-corrected chi connectivity index (χ2v) is 5.61. The van der Waals surface area contributed by atoms with Gasteiger partial charge in [0.05, 0.1) is 11.4 Å². The SMILES string of the molecule is CCCNC1CCN(c2cn(C)nc2C(C)C)C1. The average molecular weight is 250 g/mol. The lowest BCUT2D eigenvalue weighted by molar-refractivity contribution is 0.549. The van der Waals surface area contributed by atoms with Crippen LogP contribution in [0, 0.1) is 0 Å². The lowest BCUT2D eigenvalue weighted by Crippen LogP contribution is -2.33.